The van der Waals surface area contributed by atoms with E-state index in [0.29, 0.717) is 12.1 Å². The van der Waals surface area contributed by atoms with E-state index >= 15 is 0 Å². The summed E-state index contributed by atoms with van der Waals surface area (Å²) in [6.45, 7) is 0. The maximum absolute atomic E-state index is 12.7. The van der Waals surface area contributed by atoms with Crippen LogP contribution in [0.5, 0.6) is 0 Å². The van der Waals surface area contributed by atoms with E-state index < -0.39 is 15.9 Å². The van der Waals surface area contributed by atoms with Crippen LogP contribution >= 0.6 is 0 Å². The van der Waals surface area contributed by atoms with Crippen molar-refractivity contribution >= 4 is 21.4 Å². The molecule has 0 radical (unpaired) electrons. The Bertz CT molecular complexity index is 792. The Labute approximate surface area is 142 Å². The molecule has 126 valence electrons. The Kier molecular flexibility index (Phi) is 4.97. The summed E-state index contributed by atoms with van der Waals surface area (Å²) in [6.07, 6.45) is 0.532. The summed E-state index contributed by atoms with van der Waals surface area (Å²) in [7, 11) is -3.00. The number of amides is 1. The Morgan fingerprint density at radius 1 is 1.00 bits per heavy atom. The van der Waals surface area contributed by atoms with Gasteiger partial charge in [-0.15, -0.1) is 0 Å². The second-order valence-electron chi connectivity index (χ2n) is 5.97. The minimum atomic E-state index is -3.00. The van der Waals surface area contributed by atoms with Crippen molar-refractivity contribution in [3.8, 4) is 0 Å². The lowest BCUT2D eigenvalue weighted by Crippen LogP contribution is -2.40. The number of sulfone groups is 1. The topological polar surface area (TPSA) is 75.3 Å². The van der Waals surface area contributed by atoms with Crippen molar-refractivity contribution in [2.24, 2.45) is 0 Å². The fourth-order valence-corrected chi connectivity index (χ4v) is 4.55. The highest BCUT2D eigenvalue weighted by atomic mass is 32.2. The van der Waals surface area contributed by atoms with Crippen molar-refractivity contribution in [2.45, 2.75) is 18.5 Å². The van der Waals surface area contributed by atoms with E-state index in [1.807, 2.05) is 60.7 Å². The monoisotopic (exact) mass is 344 g/mol. The minimum Gasteiger partial charge on any atom is -0.324 e. The quantitative estimate of drug-likeness (QED) is 0.871. The van der Waals surface area contributed by atoms with Gasteiger partial charge in [0.05, 0.1) is 11.5 Å². The third-order valence-electron chi connectivity index (χ3n) is 4.07. The fourth-order valence-electron chi connectivity index (χ4n) is 2.87. The lowest BCUT2D eigenvalue weighted by atomic mass is 10.0. The van der Waals surface area contributed by atoms with Gasteiger partial charge in [-0.2, -0.15) is 0 Å². The van der Waals surface area contributed by atoms with Gasteiger partial charge in [-0.25, -0.2) is 8.42 Å². The van der Waals surface area contributed by atoms with E-state index in [0.717, 1.165) is 5.56 Å². The molecule has 1 amide bonds. The van der Waals surface area contributed by atoms with Crippen molar-refractivity contribution in [1.29, 1.82) is 0 Å². The summed E-state index contributed by atoms with van der Waals surface area (Å²) in [5.41, 5.74) is 1.53. The first-order valence-corrected chi connectivity index (χ1v) is 9.73. The third-order valence-corrected chi connectivity index (χ3v) is 5.84. The molecule has 0 spiro atoms. The summed E-state index contributed by atoms with van der Waals surface area (Å²) in [4.78, 5) is 12.7. The number of hydrogen-bond acceptors (Lipinski definition) is 4. The lowest BCUT2D eigenvalue weighted by Gasteiger charge is -2.22. The minimum absolute atomic E-state index is 0.0783. The van der Waals surface area contributed by atoms with Crippen LogP contribution in [0.4, 0.5) is 5.69 Å². The van der Waals surface area contributed by atoms with Gasteiger partial charge >= 0.3 is 0 Å². The maximum atomic E-state index is 12.7. The molecule has 1 heterocycles. The van der Waals surface area contributed by atoms with Crippen molar-refractivity contribution in [3.63, 3.8) is 0 Å². The molecular formula is C18H20N2O3S. The standard InChI is InChI=1S/C18H20N2O3S/c21-18(20-15-9-5-2-6-10-15)17(14-7-3-1-4-8-14)19-16-11-12-24(22,23)13-16/h1-10,16-17,19H,11-13H2,(H,20,21)/t16-,17+/m1/s1. The normalized spacial score (nSPS) is 20.4. The molecule has 0 bridgehead atoms. The molecule has 5 nitrogen and oxygen atoms in total. The van der Waals surface area contributed by atoms with E-state index in [9.17, 15) is 13.2 Å². The van der Waals surface area contributed by atoms with Gasteiger partial charge in [0.15, 0.2) is 9.84 Å². The fraction of sp³-hybridized carbons (Fsp3) is 0.278. The summed E-state index contributed by atoms with van der Waals surface area (Å²) in [5.74, 6) is 0.0539. The van der Waals surface area contributed by atoms with Crippen LogP contribution in [-0.4, -0.2) is 31.9 Å². The van der Waals surface area contributed by atoms with Crippen molar-refractivity contribution in [1.82, 2.24) is 5.32 Å². The van der Waals surface area contributed by atoms with Gasteiger partial charge in [-0.1, -0.05) is 48.5 Å². The molecule has 2 N–H and O–H groups in total. The molecule has 0 aromatic heterocycles. The van der Waals surface area contributed by atoms with Gasteiger partial charge in [0.1, 0.15) is 6.04 Å². The molecule has 3 rings (SSSR count). The van der Waals surface area contributed by atoms with Crippen LogP contribution in [-0.2, 0) is 14.6 Å². The number of nitrogens with one attached hydrogen (secondary N) is 2. The highest BCUT2D eigenvalue weighted by Gasteiger charge is 2.32. The van der Waals surface area contributed by atoms with Crippen LogP contribution in [0.25, 0.3) is 0 Å². The van der Waals surface area contributed by atoms with Crippen LogP contribution in [0, 0.1) is 0 Å². The number of hydrogen-bond donors (Lipinski definition) is 2. The number of benzene rings is 2. The summed E-state index contributed by atoms with van der Waals surface area (Å²) < 4.78 is 23.4. The Morgan fingerprint density at radius 2 is 1.62 bits per heavy atom. The van der Waals surface area contributed by atoms with E-state index in [-0.39, 0.29) is 23.5 Å². The number of carbonyl (C=O) groups excluding carboxylic acids is 1. The van der Waals surface area contributed by atoms with E-state index in [2.05, 4.69) is 10.6 Å². The maximum Gasteiger partial charge on any atom is 0.246 e. The van der Waals surface area contributed by atoms with Gasteiger partial charge in [-0.05, 0) is 24.1 Å². The van der Waals surface area contributed by atoms with Gasteiger partial charge in [0, 0.05) is 11.7 Å². The molecule has 1 fully saturated rings. The van der Waals surface area contributed by atoms with Crippen LogP contribution in [0.15, 0.2) is 60.7 Å². The molecule has 6 heteroatoms. The van der Waals surface area contributed by atoms with Crippen LogP contribution < -0.4 is 10.6 Å². The average molecular weight is 344 g/mol. The highest BCUT2D eigenvalue weighted by Crippen LogP contribution is 2.20. The smallest absolute Gasteiger partial charge is 0.246 e. The Hall–Kier alpha value is -2.18. The average Bonchev–Trinajstić information content (AvgIpc) is 2.93. The Balaban J connectivity index is 1.78. The zero-order chi connectivity index (χ0) is 17.0. The predicted molar refractivity (Wildman–Crippen MR) is 94.4 cm³/mol. The van der Waals surface area contributed by atoms with Gasteiger partial charge < -0.3 is 5.32 Å². The van der Waals surface area contributed by atoms with Crippen molar-refractivity contribution in [3.05, 3.63) is 66.2 Å². The predicted octanol–water partition coefficient (Wildman–Crippen LogP) is 2.14. The highest BCUT2D eigenvalue weighted by molar-refractivity contribution is 7.91. The molecule has 1 aliphatic rings. The first-order valence-electron chi connectivity index (χ1n) is 7.91. The molecule has 0 unspecified atom stereocenters. The Morgan fingerprint density at radius 3 is 2.21 bits per heavy atom. The zero-order valence-corrected chi connectivity index (χ0v) is 14.0. The number of para-hydroxylation sites is 1. The largest absolute Gasteiger partial charge is 0.324 e. The third kappa shape index (κ3) is 4.21. The second kappa shape index (κ2) is 7.15. The van der Waals surface area contributed by atoms with E-state index in [1.165, 1.54) is 0 Å². The SMILES string of the molecule is O=C(Nc1ccccc1)[C@@H](N[C@@H]1CCS(=O)(=O)C1)c1ccccc1. The second-order valence-corrected chi connectivity index (χ2v) is 8.19. The zero-order valence-electron chi connectivity index (χ0n) is 13.2. The van der Waals surface area contributed by atoms with Crippen molar-refractivity contribution < 1.29 is 13.2 Å². The van der Waals surface area contributed by atoms with Crippen LogP contribution in [0.1, 0.15) is 18.0 Å². The first kappa shape index (κ1) is 16.7. The van der Waals surface area contributed by atoms with Crippen LogP contribution in [0.2, 0.25) is 0 Å². The molecule has 1 aliphatic heterocycles. The molecule has 0 saturated carbocycles. The van der Waals surface area contributed by atoms with E-state index in [4.69, 9.17) is 0 Å². The molecule has 2 aromatic rings. The first-order chi connectivity index (χ1) is 11.5. The molecule has 2 aromatic carbocycles. The van der Waals surface area contributed by atoms with E-state index in [1.54, 1.807) is 0 Å². The molecular weight excluding hydrogens is 324 g/mol. The van der Waals surface area contributed by atoms with Crippen molar-refractivity contribution in [2.75, 3.05) is 16.8 Å². The lowest BCUT2D eigenvalue weighted by molar-refractivity contribution is -0.118. The summed E-state index contributed by atoms with van der Waals surface area (Å²) >= 11 is 0. The summed E-state index contributed by atoms with van der Waals surface area (Å²) in [5, 5.41) is 6.10. The molecule has 24 heavy (non-hydrogen) atoms. The van der Waals surface area contributed by atoms with Gasteiger partial charge in [0.25, 0.3) is 0 Å². The summed E-state index contributed by atoms with van der Waals surface area (Å²) in [6, 6.07) is 17.8. The number of rotatable bonds is 5. The molecule has 1 saturated heterocycles. The van der Waals surface area contributed by atoms with Gasteiger partial charge in [-0.3, -0.25) is 10.1 Å². The molecule has 0 aliphatic carbocycles. The number of anilines is 1. The number of carbonyl (C=O) groups is 1. The van der Waals surface area contributed by atoms with Gasteiger partial charge in [0.2, 0.25) is 5.91 Å². The van der Waals surface area contributed by atoms with Crippen LogP contribution in [0.3, 0.4) is 0 Å². The molecule has 2 atom stereocenters.